The van der Waals surface area contributed by atoms with Crippen LogP contribution in [0.25, 0.3) is 0 Å². The number of nitrogens with zero attached hydrogens (tertiary/aromatic N) is 1. The van der Waals surface area contributed by atoms with Crippen LogP contribution >= 0.6 is 23.2 Å². The molecule has 2 aromatic rings. The van der Waals surface area contributed by atoms with Crippen molar-refractivity contribution >= 4 is 40.7 Å². The molecule has 0 aliphatic carbocycles. The summed E-state index contributed by atoms with van der Waals surface area (Å²) in [6, 6.07) is 10.9. The summed E-state index contributed by atoms with van der Waals surface area (Å²) in [6.45, 7) is 0.388. The number of rotatable bonds is 4. The average Bonchev–Trinajstić information content (AvgIpc) is 3.04. The molecule has 2 amide bonds. The predicted octanol–water partition coefficient (Wildman–Crippen LogP) is 2.47. The minimum atomic E-state index is -0.759. The van der Waals surface area contributed by atoms with E-state index >= 15 is 0 Å². The maximum atomic E-state index is 12.8. The van der Waals surface area contributed by atoms with Gasteiger partial charge in [-0.15, -0.1) is 0 Å². The van der Waals surface area contributed by atoms with Gasteiger partial charge in [-0.25, -0.2) is 0 Å². The van der Waals surface area contributed by atoms with E-state index in [0.29, 0.717) is 22.2 Å². The third kappa shape index (κ3) is 4.53. The van der Waals surface area contributed by atoms with Gasteiger partial charge in [-0.3, -0.25) is 9.59 Å². The Kier molecular flexibility index (Phi) is 5.89. The number of β-amino-alcohol motifs (C(OH)–C–C–N with tert-alkyl or cyclic N) is 1. The van der Waals surface area contributed by atoms with E-state index in [2.05, 4.69) is 5.32 Å². The Hall–Kier alpha value is -2.28. The summed E-state index contributed by atoms with van der Waals surface area (Å²) in [5.74, 6) is -0.696. The predicted molar refractivity (Wildman–Crippen MR) is 105 cm³/mol. The van der Waals surface area contributed by atoms with Gasteiger partial charge >= 0.3 is 0 Å². The van der Waals surface area contributed by atoms with Gasteiger partial charge in [0.1, 0.15) is 6.04 Å². The van der Waals surface area contributed by atoms with Gasteiger partial charge in [0.15, 0.2) is 0 Å². The summed E-state index contributed by atoms with van der Waals surface area (Å²) in [5, 5.41) is 13.8. The van der Waals surface area contributed by atoms with Crippen molar-refractivity contribution in [3.8, 4) is 0 Å². The number of aliphatic hydroxyl groups is 1. The third-order valence-corrected chi connectivity index (χ3v) is 5.06. The number of carbonyl (C=O) groups is 2. The highest BCUT2D eigenvalue weighted by Crippen LogP contribution is 2.24. The van der Waals surface area contributed by atoms with Crippen LogP contribution in [0.2, 0.25) is 10.0 Å². The topological polar surface area (TPSA) is 95.7 Å². The number of hydrogen-bond donors (Lipinski definition) is 3. The lowest BCUT2D eigenvalue weighted by Gasteiger charge is -2.24. The number of aliphatic hydroxyl groups excluding tert-OH is 1. The highest BCUT2D eigenvalue weighted by Gasteiger charge is 2.39. The Morgan fingerprint density at radius 1 is 1.19 bits per heavy atom. The van der Waals surface area contributed by atoms with E-state index in [1.54, 1.807) is 18.2 Å². The Balaban J connectivity index is 1.70. The Labute approximate surface area is 166 Å². The molecule has 6 nitrogen and oxygen atoms in total. The Bertz CT molecular complexity index is 858. The Morgan fingerprint density at radius 2 is 1.89 bits per heavy atom. The smallest absolute Gasteiger partial charge is 0.254 e. The van der Waals surface area contributed by atoms with Gasteiger partial charge < -0.3 is 21.1 Å². The van der Waals surface area contributed by atoms with Gasteiger partial charge in [-0.1, -0.05) is 35.3 Å². The van der Waals surface area contributed by atoms with E-state index in [9.17, 15) is 14.7 Å². The van der Waals surface area contributed by atoms with Crippen molar-refractivity contribution in [3.05, 3.63) is 63.6 Å². The van der Waals surface area contributed by atoms with Crippen molar-refractivity contribution in [1.29, 1.82) is 0 Å². The first-order valence-corrected chi connectivity index (χ1v) is 9.17. The van der Waals surface area contributed by atoms with Crippen molar-refractivity contribution in [3.63, 3.8) is 0 Å². The van der Waals surface area contributed by atoms with Crippen molar-refractivity contribution in [2.75, 3.05) is 12.3 Å². The molecule has 1 aliphatic rings. The molecule has 2 unspecified atom stereocenters. The van der Waals surface area contributed by atoms with Gasteiger partial charge in [-0.05, 0) is 35.9 Å². The molecular formula is C19H19Cl2N3O3. The second-order valence-corrected chi connectivity index (χ2v) is 7.29. The monoisotopic (exact) mass is 407 g/mol. The van der Waals surface area contributed by atoms with Crippen LogP contribution in [0.15, 0.2) is 42.5 Å². The number of benzene rings is 2. The molecule has 3 rings (SSSR count). The average molecular weight is 408 g/mol. The zero-order valence-electron chi connectivity index (χ0n) is 14.4. The van der Waals surface area contributed by atoms with Gasteiger partial charge in [0.25, 0.3) is 5.91 Å². The molecule has 4 N–H and O–H groups in total. The van der Waals surface area contributed by atoms with E-state index < -0.39 is 12.1 Å². The molecule has 0 spiro atoms. The molecular weight excluding hydrogens is 389 g/mol. The van der Waals surface area contributed by atoms with Crippen molar-refractivity contribution in [2.45, 2.75) is 25.1 Å². The first-order chi connectivity index (χ1) is 12.8. The molecule has 0 radical (unpaired) electrons. The van der Waals surface area contributed by atoms with Crippen LogP contribution < -0.4 is 11.1 Å². The van der Waals surface area contributed by atoms with Crippen LogP contribution in [0.3, 0.4) is 0 Å². The number of nitrogens with one attached hydrogen (secondary N) is 1. The van der Waals surface area contributed by atoms with E-state index in [1.165, 1.54) is 17.0 Å². The van der Waals surface area contributed by atoms with Gasteiger partial charge in [0.05, 0.1) is 16.8 Å². The highest BCUT2D eigenvalue weighted by molar-refractivity contribution is 6.33. The second-order valence-electron chi connectivity index (χ2n) is 6.44. The zero-order chi connectivity index (χ0) is 19.6. The number of hydrogen-bond acceptors (Lipinski definition) is 4. The normalized spacial score (nSPS) is 19.1. The van der Waals surface area contributed by atoms with Gasteiger partial charge in [-0.2, -0.15) is 0 Å². The van der Waals surface area contributed by atoms with Crippen LogP contribution in [0.4, 0.5) is 5.69 Å². The molecule has 0 saturated carbocycles. The number of nitrogens with two attached hydrogens (primary N) is 1. The molecule has 1 saturated heterocycles. The zero-order valence-corrected chi connectivity index (χ0v) is 15.9. The fourth-order valence-corrected chi connectivity index (χ4v) is 3.28. The summed E-state index contributed by atoms with van der Waals surface area (Å²) < 4.78 is 0. The minimum Gasteiger partial charge on any atom is -0.398 e. The molecule has 0 aromatic heterocycles. The fourth-order valence-electron chi connectivity index (χ4n) is 3.04. The van der Waals surface area contributed by atoms with E-state index in [0.717, 1.165) is 5.56 Å². The summed E-state index contributed by atoms with van der Waals surface area (Å²) in [6.07, 6.45) is -0.578. The summed E-state index contributed by atoms with van der Waals surface area (Å²) >= 11 is 11.7. The molecule has 142 valence electrons. The largest absolute Gasteiger partial charge is 0.398 e. The minimum absolute atomic E-state index is 0.0837. The fraction of sp³-hybridized carbons (Fsp3) is 0.263. The van der Waals surface area contributed by atoms with Crippen molar-refractivity contribution in [1.82, 2.24) is 10.2 Å². The number of anilines is 1. The van der Waals surface area contributed by atoms with Gasteiger partial charge in [0, 0.05) is 30.1 Å². The molecule has 2 aromatic carbocycles. The maximum Gasteiger partial charge on any atom is 0.254 e. The summed E-state index contributed by atoms with van der Waals surface area (Å²) in [7, 11) is 0. The number of carbonyl (C=O) groups excluding carboxylic acids is 2. The maximum absolute atomic E-state index is 12.8. The van der Waals surface area contributed by atoms with E-state index in [-0.39, 0.29) is 30.5 Å². The molecule has 8 heteroatoms. The van der Waals surface area contributed by atoms with Gasteiger partial charge in [0.2, 0.25) is 5.91 Å². The van der Waals surface area contributed by atoms with E-state index in [1.807, 2.05) is 12.1 Å². The van der Waals surface area contributed by atoms with Crippen molar-refractivity contribution in [2.24, 2.45) is 0 Å². The highest BCUT2D eigenvalue weighted by atomic mass is 35.5. The van der Waals surface area contributed by atoms with E-state index in [4.69, 9.17) is 28.9 Å². The number of halogens is 2. The molecule has 1 fully saturated rings. The molecule has 2 atom stereocenters. The van der Waals surface area contributed by atoms with Crippen LogP contribution in [0.5, 0.6) is 0 Å². The van der Waals surface area contributed by atoms with Crippen LogP contribution in [0.1, 0.15) is 22.3 Å². The lowest BCUT2D eigenvalue weighted by molar-refractivity contribution is -0.125. The number of amides is 2. The van der Waals surface area contributed by atoms with Crippen molar-refractivity contribution < 1.29 is 14.7 Å². The molecule has 1 aliphatic heterocycles. The van der Waals surface area contributed by atoms with Crippen LogP contribution in [-0.2, 0) is 11.3 Å². The number of nitrogen functional groups attached to an aromatic ring is 1. The molecule has 0 bridgehead atoms. The van der Waals surface area contributed by atoms with Crippen LogP contribution in [-0.4, -0.2) is 40.5 Å². The first-order valence-electron chi connectivity index (χ1n) is 8.41. The summed E-state index contributed by atoms with van der Waals surface area (Å²) in [4.78, 5) is 26.8. The standard InChI is InChI=1S/C19H19Cl2N3O3/c20-13-4-1-11(2-5-13)9-23-18(26)17-8-14(25)10-24(17)19(27)12-3-6-15(21)16(22)7-12/h1-7,14,17,25H,8-10,22H2,(H,23,26). The first kappa shape index (κ1) is 19.5. The Morgan fingerprint density at radius 3 is 2.56 bits per heavy atom. The van der Waals surface area contributed by atoms with Crippen LogP contribution in [0, 0.1) is 0 Å². The lowest BCUT2D eigenvalue weighted by atomic mass is 10.1. The number of likely N-dealkylation sites (tertiary alicyclic amines) is 1. The SMILES string of the molecule is Nc1cc(C(=O)N2CC(O)CC2C(=O)NCc2ccc(Cl)cc2)ccc1Cl. The molecule has 27 heavy (non-hydrogen) atoms. The second kappa shape index (κ2) is 8.17. The quantitative estimate of drug-likeness (QED) is 0.678. The lowest BCUT2D eigenvalue weighted by Crippen LogP contribution is -2.45. The summed E-state index contributed by atoms with van der Waals surface area (Å²) in [5.41, 5.74) is 7.25. The third-order valence-electron chi connectivity index (χ3n) is 4.47. The molecule has 1 heterocycles.